The normalized spacial score (nSPS) is 15.5. The topological polar surface area (TPSA) is 113 Å². The van der Waals surface area contributed by atoms with Crippen LogP contribution >= 0.6 is 23.2 Å². The fourth-order valence-electron chi connectivity index (χ4n) is 2.31. The highest BCUT2D eigenvalue weighted by atomic mass is 35.5. The number of carbonyl (C=O) groups excluding carboxylic acids is 2. The monoisotopic (exact) mass is 393 g/mol. The van der Waals surface area contributed by atoms with E-state index in [1.54, 1.807) is 0 Å². The van der Waals surface area contributed by atoms with Crippen LogP contribution in [0.4, 0.5) is 11.4 Å². The van der Waals surface area contributed by atoms with Crippen molar-refractivity contribution in [1.29, 1.82) is 0 Å². The summed E-state index contributed by atoms with van der Waals surface area (Å²) in [5.41, 5.74) is 2.13. The van der Waals surface area contributed by atoms with Crippen LogP contribution in [0.5, 0.6) is 5.75 Å². The molecule has 2 aromatic rings. The van der Waals surface area contributed by atoms with Gasteiger partial charge in [0.15, 0.2) is 5.75 Å². The number of nitro benzene ring substituents is 1. The second-order valence-corrected chi connectivity index (χ2v) is 6.06. The highest BCUT2D eigenvalue weighted by Gasteiger charge is 2.34. The molecule has 2 aromatic carbocycles. The van der Waals surface area contributed by atoms with Gasteiger partial charge in [0.05, 0.1) is 20.7 Å². The van der Waals surface area contributed by atoms with Crippen LogP contribution in [-0.2, 0) is 9.59 Å². The van der Waals surface area contributed by atoms with Crippen molar-refractivity contribution in [3.05, 3.63) is 67.7 Å². The Morgan fingerprint density at radius 3 is 2.50 bits per heavy atom. The first-order chi connectivity index (χ1) is 12.3. The zero-order valence-corrected chi connectivity index (χ0v) is 14.3. The Morgan fingerprint density at radius 2 is 1.85 bits per heavy atom. The minimum atomic E-state index is -0.768. The molecule has 10 heteroatoms. The van der Waals surface area contributed by atoms with Gasteiger partial charge in [-0.1, -0.05) is 29.3 Å². The summed E-state index contributed by atoms with van der Waals surface area (Å²) in [6, 6.07) is 7.90. The molecule has 1 aliphatic heterocycles. The Balaban J connectivity index is 1.96. The standard InChI is InChI=1S/C16H9Cl2N3O5/c17-11-3-2-9(7-12(11)18)20-16(24)10(15(23)19-20)5-8-1-4-14(22)13(6-8)21(25)26/h1-7,22H,(H,19,23)/b10-5-. The molecule has 2 amide bonds. The molecule has 1 heterocycles. The molecule has 8 nitrogen and oxygen atoms in total. The van der Waals surface area contributed by atoms with Gasteiger partial charge in [0.2, 0.25) is 0 Å². The average Bonchev–Trinajstić information content (AvgIpc) is 2.87. The SMILES string of the molecule is O=C1NN(c2ccc(Cl)c(Cl)c2)C(=O)/C1=C\c1ccc(O)c([N+](=O)[O-])c1. The molecule has 1 aliphatic rings. The molecular formula is C16H9Cl2N3O5. The lowest BCUT2D eigenvalue weighted by Crippen LogP contribution is -2.35. The molecule has 26 heavy (non-hydrogen) atoms. The predicted molar refractivity (Wildman–Crippen MR) is 94.8 cm³/mol. The third-order valence-corrected chi connectivity index (χ3v) is 4.30. The number of hydrogen-bond acceptors (Lipinski definition) is 5. The third-order valence-electron chi connectivity index (χ3n) is 3.56. The molecule has 0 aromatic heterocycles. The summed E-state index contributed by atoms with van der Waals surface area (Å²) in [4.78, 5) is 34.8. The van der Waals surface area contributed by atoms with Gasteiger partial charge in [-0.3, -0.25) is 25.1 Å². The first kappa shape index (κ1) is 17.7. The molecule has 132 valence electrons. The van der Waals surface area contributed by atoms with E-state index in [1.165, 1.54) is 30.3 Å². The lowest BCUT2D eigenvalue weighted by Gasteiger charge is -2.15. The number of amides is 2. The van der Waals surface area contributed by atoms with Gasteiger partial charge in [-0.2, -0.15) is 0 Å². The lowest BCUT2D eigenvalue weighted by atomic mass is 10.1. The summed E-state index contributed by atoms with van der Waals surface area (Å²) in [7, 11) is 0. The van der Waals surface area contributed by atoms with Crippen LogP contribution < -0.4 is 10.4 Å². The van der Waals surface area contributed by atoms with Crippen molar-refractivity contribution in [2.75, 3.05) is 5.01 Å². The van der Waals surface area contributed by atoms with Crippen LogP contribution in [0.3, 0.4) is 0 Å². The van der Waals surface area contributed by atoms with E-state index in [1.807, 2.05) is 0 Å². The van der Waals surface area contributed by atoms with E-state index >= 15 is 0 Å². The van der Waals surface area contributed by atoms with Crippen LogP contribution in [0.25, 0.3) is 6.08 Å². The number of nitro groups is 1. The zero-order valence-electron chi connectivity index (χ0n) is 12.8. The molecule has 1 saturated heterocycles. The predicted octanol–water partition coefficient (Wildman–Crippen LogP) is 3.07. The number of aromatic hydroxyl groups is 1. The summed E-state index contributed by atoms with van der Waals surface area (Å²) < 4.78 is 0. The van der Waals surface area contributed by atoms with Crippen LogP contribution in [0.1, 0.15) is 5.56 Å². The maximum absolute atomic E-state index is 12.5. The van der Waals surface area contributed by atoms with Gasteiger partial charge < -0.3 is 5.11 Å². The van der Waals surface area contributed by atoms with Gasteiger partial charge in [-0.15, -0.1) is 0 Å². The molecule has 0 atom stereocenters. The number of rotatable bonds is 3. The van der Waals surface area contributed by atoms with Crippen molar-refractivity contribution < 1.29 is 19.6 Å². The number of halogens is 2. The van der Waals surface area contributed by atoms with E-state index in [4.69, 9.17) is 23.2 Å². The molecule has 1 fully saturated rings. The number of nitrogens with zero attached hydrogens (tertiary/aromatic N) is 2. The first-order valence-corrected chi connectivity index (χ1v) is 7.83. The Labute approximate surface area is 156 Å². The van der Waals surface area contributed by atoms with E-state index in [0.717, 1.165) is 17.1 Å². The molecular weight excluding hydrogens is 385 g/mol. The molecule has 2 N–H and O–H groups in total. The van der Waals surface area contributed by atoms with Crippen LogP contribution in [0, 0.1) is 10.1 Å². The second-order valence-electron chi connectivity index (χ2n) is 5.24. The molecule has 0 spiro atoms. The van der Waals surface area contributed by atoms with Gasteiger partial charge in [0.25, 0.3) is 11.8 Å². The first-order valence-electron chi connectivity index (χ1n) is 7.07. The largest absolute Gasteiger partial charge is 0.502 e. The molecule has 0 unspecified atom stereocenters. The lowest BCUT2D eigenvalue weighted by molar-refractivity contribution is -0.385. The second kappa shape index (κ2) is 6.66. The molecule has 3 rings (SSSR count). The summed E-state index contributed by atoms with van der Waals surface area (Å²) in [6.07, 6.45) is 1.20. The van der Waals surface area contributed by atoms with Crippen molar-refractivity contribution >= 4 is 52.5 Å². The van der Waals surface area contributed by atoms with Gasteiger partial charge in [0.1, 0.15) is 5.57 Å². The number of nitrogens with one attached hydrogen (secondary N) is 1. The maximum Gasteiger partial charge on any atom is 0.311 e. The van der Waals surface area contributed by atoms with Crippen molar-refractivity contribution in [3.63, 3.8) is 0 Å². The Kier molecular flexibility index (Phi) is 4.54. The van der Waals surface area contributed by atoms with E-state index in [-0.39, 0.29) is 16.2 Å². The van der Waals surface area contributed by atoms with Gasteiger partial charge in [-0.25, -0.2) is 5.01 Å². The molecule has 0 bridgehead atoms. The number of phenolic OH excluding ortho intramolecular Hbond substituents is 1. The molecule has 0 saturated carbocycles. The summed E-state index contributed by atoms with van der Waals surface area (Å²) in [5, 5.41) is 21.8. The quantitative estimate of drug-likeness (QED) is 0.360. The zero-order chi connectivity index (χ0) is 19.0. The Morgan fingerprint density at radius 1 is 1.12 bits per heavy atom. The highest BCUT2D eigenvalue weighted by molar-refractivity contribution is 6.42. The Hall–Kier alpha value is -3.10. The summed E-state index contributed by atoms with van der Waals surface area (Å²) in [5.74, 6) is -1.86. The number of hydrazine groups is 1. The number of carbonyl (C=O) groups is 2. The maximum atomic E-state index is 12.5. The van der Waals surface area contributed by atoms with Gasteiger partial charge in [0, 0.05) is 6.07 Å². The van der Waals surface area contributed by atoms with E-state index in [2.05, 4.69) is 5.43 Å². The van der Waals surface area contributed by atoms with E-state index in [0.29, 0.717) is 10.7 Å². The molecule has 0 aliphatic carbocycles. The number of hydrogen-bond donors (Lipinski definition) is 2. The van der Waals surface area contributed by atoms with E-state index in [9.17, 15) is 24.8 Å². The van der Waals surface area contributed by atoms with Crippen molar-refractivity contribution in [2.24, 2.45) is 0 Å². The minimum absolute atomic E-state index is 0.206. The van der Waals surface area contributed by atoms with Gasteiger partial charge >= 0.3 is 5.69 Å². The average molecular weight is 394 g/mol. The van der Waals surface area contributed by atoms with Crippen molar-refractivity contribution in [2.45, 2.75) is 0 Å². The van der Waals surface area contributed by atoms with Crippen molar-refractivity contribution in [1.82, 2.24) is 5.43 Å². The van der Waals surface area contributed by atoms with Crippen molar-refractivity contribution in [3.8, 4) is 5.75 Å². The highest BCUT2D eigenvalue weighted by Crippen LogP contribution is 2.30. The Bertz CT molecular complexity index is 990. The van der Waals surface area contributed by atoms with Crippen LogP contribution in [0.2, 0.25) is 10.0 Å². The fourth-order valence-corrected chi connectivity index (χ4v) is 2.60. The van der Waals surface area contributed by atoms with Crippen LogP contribution in [-0.4, -0.2) is 21.8 Å². The fraction of sp³-hybridized carbons (Fsp3) is 0. The third kappa shape index (κ3) is 3.19. The molecule has 0 radical (unpaired) electrons. The minimum Gasteiger partial charge on any atom is -0.502 e. The number of phenols is 1. The number of anilines is 1. The number of benzene rings is 2. The summed E-state index contributed by atoms with van der Waals surface area (Å²) >= 11 is 11.8. The smallest absolute Gasteiger partial charge is 0.311 e. The van der Waals surface area contributed by atoms with Gasteiger partial charge in [-0.05, 0) is 35.9 Å². The van der Waals surface area contributed by atoms with Crippen LogP contribution in [0.15, 0.2) is 42.0 Å². The van der Waals surface area contributed by atoms with E-state index < -0.39 is 28.2 Å². The summed E-state index contributed by atoms with van der Waals surface area (Å²) in [6.45, 7) is 0.